The lowest BCUT2D eigenvalue weighted by molar-refractivity contribution is 0.270. The van der Waals surface area contributed by atoms with Gasteiger partial charge in [0.1, 0.15) is 5.82 Å². The van der Waals surface area contributed by atoms with Gasteiger partial charge >= 0.3 is 0 Å². The van der Waals surface area contributed by atoms with Crippen molar-refractivity contribution >= 4 is 0 Å². The first-order chi connectivity index (χ1) is 9.33. The van der Waals surface area contributed by atoms with E-state index < -0.39 is 0 Å². The summed E-state index contributed by atoms with van der Waals surface area (Å²) in [4.78, 5) is 6.96. The monoisotopic (exact) mass is 255 g/mol. The molecule has 0 N–H and O–H groups in total. The lowest BCUT2D eigenvalue weighted by atomic mass is 10.0. The van der Waals surface area contributed by atoms with Gasteiger partial charge in [0.15, 0.2) is 0 Å². The average molecular weight is 255 g/mol. The molecule has 0 saturated heterocycles. The predicted molar refractivity (Wildman–Crippen MR) is 77.0 cm³/mol. The van der Waals surface area contributed by atoms with E-state index in [-0.39, 0.29) is 0 Å². The molecule has 3 nitrogen and oxygen atoms in total. The Bertz CT molecular complexity index is 544. The van der Waals surface area contributed by atoms with Crippen LogP contribution in [0.5, 0.6) is 0 Å². The van der Waals surface area contributed by atoms with Crippen LogP contribution in [0.1, 0.15) is 23.4 Å². The highest BCUT2D eigenvalue weighted by atomic mass is 15.1. The van der Waals surface area contributed by atoms with Crippen molar-refractivity contribution in [3.8, 4) is 0 Å². The second kappa shape index (κ2) is 5.57. The van der Waals surface area contributed by atoms with Crippen molar-refractivity contribution in [2.75, 3.05) is 13.1 Å². The summed E-state index contributed by atoms with van der Waals surface area (Å²) in [5.41, 5.74) is 3.03. The van der Waals surface area contributed by atoms with Gasteiger partial charge in [-0.25, -0.2) is 4.98 Å². The van der Waals surface area contributed by atoms with Crippen LogP contribution < -0.4 is 0 Å². The number of imidazole rings is 1. The molecule has 0 spiro atoms. The molecule has 0 atom stereocenters. The van der Waals surface area contributed by atoms with Crippen LogP contribution in [0.25, 0.3) is 0 Å². The summed E-state index contributed by atoms with van der Waals surface area (Å²) >= 11 is 0. The van der Waals surface area contributed by atoms with E-state index in [1.165, 1.54) is 36.3 Å². The molecular weight excluding hydrogens is 234 g/mol. The molecule has 0 saturated carbocycles. The number of hydrogen-bond acceptors (Lipinski definition) is 2. The first kappa shape index (κ1) is 12.4. The van der Waals surface area contributed by atoms with Crippen LogP contribution in [-0.2, 0) is 26.4 Å². The molecule has 3 rings (SSSR count). The van der Waals surface area contributed by atoms with Crippen LogP contribution in [-0.4, -0.2) is 27.5 Å². The van der Waals surface area contributed by atoms with Crippen molar-refractivity contribution in [3.63, 3.8) is 0 Å². The van der Waals surface area contributed by atoms with Crippen molar-refractivity contribution in [1.29, 1.82) is 0 Å². The van der Waals surface area contributed by atoms with Crippen molar-refractivity contribution in [2.45, 2.75) is 25.8 Å². The molecule has 1 aliphatic heterocycles. The van der Waals surface area contributed by atoms with Gasteiger partial charge < -0.3 is 4.57 Å². The minimum absolute atomic E-state index is 1.03. The SMILES string of the molecule is Cn1ccnc1CCN1CCCc2ccccc2C1. The quantitative estimate of drug-likeness (QED) is 0.840. The van der Waals surface area contributed by atoms with Gasteiger partial charge in [-0.3, -0.25) is 4.90 Å². The summed E-state index contributed by atoms with van der Waals surface area (Å²) in [6, 6.07) is 8.86. The topological polar surface area (TPSA) is 21.1 Å². The van der Waals surface area contributed by atoms with Crippen LogP contribution in [0.3, 0.4) is 0 Å². The first-order valence-electron chi connectivity index (χ1n) is 7.08. The van der Waals surface area contributed by atoms with Crippen molar-refractivity contribution in [2.24, 2.45) is 7.05 Å². The molecular formula is C16H21N3. The van der Waals surface area contributed by atoms with Crippen LogP contribution in [0.2, 0.25) is 0 Å². The Balaban J connectivity index is 1.65. The number of nitrogens with zero attached hydrogens (tertiary/aromatic N) is 3. The summed E-state index contributed by atoms with van der Waals surface area (Å²) in [5.74, 6) is 1.18. The third-order valence-electron chi connectivity index (χ3n) is 4.01. The van der Waals surface area contributed by atoms with Crippen LogP contribution >= 0.6 is 0 Å². The number of benzene rings is 1. The van der Waals surface area contributed by atoms with Gasteiger partial charge in [-0.15, -0.1) is 0 Å². The molecule has 2 aromatic rings. The number of hydrogen-bond donors (Lipinski definition) is 0. The summed E-state index contributed by atoms with van der Waals surface area (Å²) in [6.07, 6.45) is 7.42. The Morgan fingerprint density at radius 1 is 1.21 bits per heavy atom. The first-order valence-corrected chi connectivity index (χ1v) is 7.08. The van der Waals surface area contributed by atoms with Gasteiger partial charge in [-0.05, 0) is 30.5 Å². The van der Waals surface area contributed by atoms with E-state index in [2.05, 4.69) is 45.8 Å². The molecule has 19 heavy (non-hydrogen) atoms. The Hall–Kier alpha value is -1.61. The predicted octanol–water partition coefficient (Wildman–Crippen LogP) is 2.41. The van der Waals surface area contributed by atoms with Gasteiger partial charge in [-0.1, -0.05) is 24.3 Å². The lowest BCUT2D eigenvalue weighted by Crippen LogP contribution is -2.26. The molecule has 0 unspecified atom stereocenters. The summed E-state index contributed by atoms with van der Waals surface area (Å²) in [6.45, 7) is 3.37. The molecule has 1 aromatic heterocycles. The Labute approximate surface area is 114 Å². The maximum absolute atomic E-state index is 4.40. The summed E-state index contributed by atoms with van der Waals surface area (Å²) < 4.78 is 2.12. The second-order valence-electron chi connectivity index (χ2n) is 5.35. The molecule has 2 heterocycles. The fourth-order valence-corrected chi connectivity index (χ4v) is 2.86. The molecule has 0 amide bonds. The molecule has 0 aliphatic carbocycles. The summed E-state index contributed by atoms with van der Waals surface area (Å²) in [7, 11) is 2.07. The fraction of sp³-hybridized carbons (Fsp3) is 0.438. The number of fused-ring (bicyclic) bond motifs is 1. The normalized spacial score (nSPS) is 16.1. The standard InChI is InChI=1S/C16H21N3/c1-18-12-9-17-16(18)8-11-19-10-4-7-14-5-2-3-6-15(14)13-19/h2-3,5-6,9,12H,4,7-8,10-11,13H2,1H3. The number of aryl methyl sites for hydroxylation is 2. The smallest absolute Gasteiger partial charge is 0.109 e. The van der Waals surface area contributed by atoms with Crippen molar-refractivity contribution in [1.82, 2.24) is 14.5 Å². The van der Waals surface area contributed by atoms with Gasteiger partial charge in [0.05, 0.1) is 0 Å². The van der Waals surface area contributed by atoms with Crippen LogP contribution in [0.4, 0.5) is 0 Å². The van der Waals surface area contributed by atoms with Gasteiger partial charge in [0.25, 0.3) is 0 Å². The largest absolute Gasteiger partial charge is 0.338 e. The zero-order chi connectivity index (χ0) is 13.1. The molecule has 3 heteroatoms. The van der Waals surface area contributed by atoms with Gasteiger partial charge in [-0.2, -0.15) is 0 Å². The minimum atomic E-state index is 1.03. The molecule has 0 fully saturated rings. The van der Waals surface area contributed by atoms with Crippen LogP contribution in [0.15, 0.2) is 36.7 Å². The van der Waals surface area contributed by atoms with Gasteiger partial charge in [0.2, 0.25) is 0 Å². The second-order valence-corrected chi connectivity index (χ2v) is 5.35. The Kier molecular flexibility index (Phi) is 3.65. The highest BCUT2D eigenvalue weighted by molar-refractivity contribution is 5.28. The number of rotatable bonds is 3. The van der Waals surface area contributed by atoms with E-state index in [0.29, 0.717) is 0 Å². The molecule has 0 radical (unpaired) electrons. The average Bonchev–Trinajstić information content (AvgIpc) is 2.72. The Morgan fingerprint density at radius 3 is 2.84 bits per heavy atom. The maximum atomic E-state index is 4.40. The van der Waals surface area contributed by atoms with E-state index in [1.807, 2.05) is 12.4 Å². The van der Waals surface area contributed by atoms with E-state index in [1.54, 1.807) is 0 Å². The van der Waals surface area contributed by atoms with E-state index in [0.717, 1.165) is 19.5 Å². The third-order valence-corrected chi connectivity index (χ3v) is 4.01. The zero-order valence-corrected chi connectivity index (χ0v) is 11.5. The molecule has 100 valence electrons. The Morgan fingerprint density at radius 2 is 2.05 bits per heavy atom. The third kappa shape index (κ3) is 2.87. The van der Waals surface area contributed by atoms with Crippen molar-refractivity contribution < 1.29 is 0 Å². The lowest BCUT2D eigenvalue weighted by Gasteiger charge is -2.20. The van der Waals surface area contributed by atoms with E-state index >= 15 is 0 Å². The molecule has 1 aromatic carbocycles. The van der Waals surface area contributed by atoms with E-state index in [9.17, 15) is 0 Å². The molecule has 0 bridgehead atoms. The minimum Gasteiger partial charge on any atom is -0.338 e. The fourth-order valence-electron chi connectivity index (χ4n) is 2.86. The summed E-state index contributed by atoms with van der Waals surface area (Å²) in [5, 5.41) is 0. The van der Waals surface area contributed by atoms with Crippen molar-refractivity contribution in [3.05, 3.63) is 53.6 Å². The molecule has 1 aliphatic rings. The van der Waals surface area contributed by atoms with Crippen LogP contribution in [0, 0.1) is 0 Å². The maximum Gasteiger partial charge on any atom is 0.109 e. The van der Waals surface area contributed by atoms with Gasteiger partial charge in [0, 0.05) is 39.0 Å². The highest BCUT2D eigenvalue weighted by Gasteiger charge is 2.14. The number of aromatic nitrogens is 2. The highest BCUT2D eigenvalue weighted by Crippen LogP contribution is 2.18. The zero-order valence-electron chi connectivity index (χ0n) is 11.5. The van der Waals surface area contributed by atoms with E-state index in [4.69, 9.17) is 0 Å².